The van der Waals surface area contributed by atoms with Crippen LogP contribution in [-0.2, 0) is 14.3 Å². The molecular weight excluding hydrogens is 242 g/mol. The monoisotopic (exact) mass is 261 g/mol. The Morgan fingerprint density at radius 2 is 2.16 bits per heavy atom. The minimum atomic E-state index is -0.340. The van der Waals surface area contributed by atoms with Gasteiger partial charge in [0.1, 0.15) is 0 Å². The second-order valence-electron chi connectivity index (χ2n) is 4.95. The summed E-state index contributed by atoms with van der Waals surface area (Å²) in [6.07, 6.45) is 0.242. The SMILES string of the molecule is CCOC(=O)C1CC(=O)N(c2cc(C)ccc2C)C1. The van der Waals surface area contributed by atoms with Crippen molar-refractivity contribution >= 4 is 17.6 Å². The first-order valence-electron chi connectivity index (χ1n) is 6.57. The molecule has 1 aliphatic rings. The summed E-state index contributed by atoms with van der Waals surface area (Å²) in [7, 11) is 0. The minimum absolute atomic E-state index is 0.00764. The van der Waals surface area contributed by atoms with Gasteiger partial charge in [-0.25, -0.2) is 0 Å². The van der Waals surface area contributed by atoms with Gasteiger partial charge in [0.2, 0.25) is 5.91 Å². The van der Waals surface area contributed by atoms with Crippen LogP contribution < -0.4 is 4.90 Å². The highest BCUT2D eigenvalue weighted by Crippen LogP contribution is 2.29. The number of carbonyl (C=O) groups is 2. The Morgan fingerprint density at radius 1 is 1.42 bits per heavy atom. The predicted octanol–water partition coefficient (Wildman–Crippen LogP) is 2.22. The van der Waals surface area contributed by atoms with Crippen LogP contribution in [0.25, 0.3) is 0 Å². The molecule has 0 saturated carbocycles. The lowest BCUT2D eigenvalue weighted by Gasteiger charge is -2.19. The number of amides is 1. The number of nitrogens with zero attached hydrogens (tertiary/aromatic N) is 1. The number of ether oxygens (including phenoxy) is 1. The van der Waals surface area contributed by atoms with E-state index in [1.807, 2.05) is 32.0 Å². The Hall–Kier alpha value is -1.84. The van der Waals surface area contributed by atoms with Crippen LogP contribution in [0.5, 0.6) is 0 Å². The largest absolute Gasteiger partial charge is 0.466 e. The molecule has 1 amide bonds. The molecule has 1 unspecified atom stereocenters. The molecule has 1 heterocycles. The number of hydrogen-bond acceptors (Lipinski definition) is 3. The number of rotatable bonds is 3. The zero-order valence-corrected chi connectivity index (χ0v) is 11.6. The Labute approximate surface area is 113 Å². The summed E-state index contributed by atoms with van der Waals surface area (Å²) in [4.78, 5) is 25.5. The third-order valence-electron chi connectivity index (χ3n) is 3.40. The molecular formula is C15H19NO3. The summed E-state index contributed by atoms with van der Waals surface area (Å²) < 4.78 is 4.99. The zero-order valence-electron chi connectivity index (χ0n) is 11.6. The second kappa shape index (κ2) is 5.43. The summed E-state index contributed by atoms with van der Waals surface area (Å²) in [5.74, 6) is -0.622. The van der Waals surface area contributed by atoms with Gasteiger partial charge < -0.3 is 9.64 Å². The van der Waals surface area contributed by atoms with Crippen molar-refractivity contribution in [2.24, 2.45) is 5.92 Å². The summed E-state index contributed by atoms with van der Waals surface area (Å²) in [5, 5.41) is 0. The Balaban J connectivity index is 2.20. The average molecular weight is 261 g/mol. The van der Waals surface area contributed by atoms with Crippen molar-refractivity contribution in [3.8, 4) is 0 Å². The van der Waals surface area contributed by atoms with E-state index in [4.69, 9.17) is 4.74 Å². The molecule has 0 radical (unpaired) electrons. The lowest BCUT2D eigenvalue weighted by molar-refractivity contribution is -0.147. The molecule has 1 aliphatic heterocycles. The highest BCUT2D eigenvalue weighted by atomic mass is 16.5. The van der Waals surface area contributed by atoms with Gasteiger partial charge in [-0.3, -0.25) is 9.59 Å². The molecule has 1 atom stereocenters. The van der Waals surface area contributed by atoms with E-state index in [2.05, 4.69) is 0 Å². The van der Waals surface area contributed by atoms with Crippen molar-refractivity contribution in [3.05, 3.63) is 29.3 Å². The molecule has 1 fully saturated rings. The van der Waals surface area contributed by atoms with Gasteiger partial charge >= 0.3 is 5.97 Å². The van der Waals surface area contributed by atoms with Crippen LogP contribution >= 0.6 is 0 Å². The van der Waals surface area contributed by atoms with Crippen molar-refractivity contribution in [3.63, 3.8) is 0 Å². The molecule has 2 rings (SSSR count). The van der Waals surface area contributed by atoms with Crippen LogP contribution in [0, 0.1) is 19.8 Å². The van der Waals surface area contributed by atoms with Crippen molar-refractivity contribution < 1.29 is 14.3 Å². The van der Waals surface area contributed by atoms with E-state index in [9.17, 15) is 9.59 Å². The Bertz CT molecular complexity index is 510. The average Bonchev–Trinajstić information content (AvgIpc) is 2.75. The highest BCUT2D eigenvalue weighted by molar-refractivity contribution is 6.00. The first kappa shape index (κ1) is 13.6. The van der Waals surface area contributed by atoms with Gasteiger partial charge in [-0.05, 0) is 38.0 Å². The molecule has 0 spiro atoms. The van der Waals surface area contributed by atoms with Gasteiger partial charge in [0.05, 0.1) is 12.5 Å². The molecule has 1 saturated heterocycles. The molecule has 0 N–H and O–H groups in total. The smallest absolute Gasteiger partial charge is 0.311 e. The summed E-state index contributed by atoms with van der Waals surface area (Å²) in [5.41, 5.74) is 3.05. The van der Waals surface area contributed by atoms with Crippen LogP contribution in [-0.4, -0.2) is 25.0 Å². The fourth-order valence-corrected chi connectivity index (χ4v) is 2.37. The molecule has 4 heteroatoms. The third-order valence-corrected chi connectivity index (χ3v) is 3.40. The maximum atomic E-state index is 12.1. The normalized spacial score (nSPS) is 18.8. The number of benzene rings is 1. The molecule has 1 aromatic carbocycles. The molecule has 102 valence electrons. The summed E-state index contributed by atoms with van der Waals surface area (Å²) in [6.45, 7) is 6.51. The number of anilines is 1. The van der Waals surface area contributed by atoms with Crippen LogP contribution in [0.4, 0.5) is 5.69 Å². The van der Waals surface area contributed by atoms with Gasteiger partial charge in [0.25, 0.3) is 0 Å². The van der Waals surface area contributed by atoms with Crippen molar-refractivity contribution in [1.82, 2.24) is 0 Å². The number of esters is 1. The van der Waals surface area contributed by atoms with E-state index in [1.54, 1.807) is 11.8 Å². The van der Waals surface area contributed by atoms with Gasteiger partial charge in [0, 0.05) is 18.7 Å². The molecule has 4 nitrogen and oxygen atoms in total. The number of carbonyl (C=O) groups excluding carboxylic acids is 2. The number of aryl methyl sites for hydroxylation is 2. The van der Waals surface area contributed by atoms with Crippen molar-refractivity contribution in [1.29, 1.82) is 0 Å². The highest BCUT2D eigenvalue weighted by Gasteiger charge is 2.36. The van der Waals surface area contributed by atoms with Crippen LogP contribution in [0.1, 0.15) is 24.5 Å². The van der Waals surface area contributed by atoms with E-state index in [1.165, 1.54) is 0 Å². The standard InChI is InChI=1S/C15H19NO3/c1-4-19-15(18)12-8-14(17)16(9-12)13-7-10(2)5-6-11(13)3/h5-7,12H,4,8-9H2,1-3H3. The lowest BCUT2D eigenvalue weighted by Crippen LogP contribution is -2.27. The van der Waals surface area contributed by atoms with E-state index >= 15 is 0 Å². The van der Waals surface area contributed by atoms with E-state index in [-0.39, 0.29) is 24.2 Å². The van der Waals surface area contributed by atoms with Crippen LogP contribution in [0.15, 0.2) is 18.2 Å². The maximum Gasteiger partial charge on any atom is 0.311 e. The van der Waals surface area contributed by atoms with Crippen molar-refractivity contribution in [2.45, 2.75) is 27.2 Å². The zero-order chi connectivity index (χ0) is 14.0. The van der Waals surface area contributed by atoms with E-state index < -0.39 is 0 Å². The Kier molecular flexibility index (Phi) is 3.88. The topological polar surface area (TPSA) is 46.6 Å². The first-order valence-corrected chi connectivity index (χ1v) is 6.57. The quantitative estimate of drug-likeness (QED) is 0.784. The van der Waals surface area contributed by atoms with Crippen molar-refractivity contribution in [2.75, 3.05) is 18.1 Å². The second-order valence-corrected chi connectivity index (χ2v) is 4.95. The maximum absolute atomic E-state index is 12.1. The van der Waals surface area contributed by atoms with Crippen LogP contribution in [0.2, 0.25) is 0 Å². The summed E-state index contributed by atoms with van der Waals surface area (Å²) >= 11 is 0. The summed E-state index contributed by atoms with van der Waals surface area (Å²) in [6, 6.07) is 6.00. The van der Waals surface area contributed by atoms with E-state index in [0.29, 0.717) is 13.2 Å². The van der Waals surface area contributed by atoms with Gasteiger partial charge in [-0.1, -0.05) is 12.1 Å². The fourth-order valence-electron chi connectivity index (χ4n) is 2.37. The van der Waals surface area contributed by atoms with Gasteiger partial charge in [0.15, 0.2) is 0 Å². The minimum Gasteiger partial charge on any atom is -0.466 e. The van der Waals surface area contributed by atoms with Gasteiger partial charge in [-0.2, -0.15) is 0 Å². The third kappa shape index (κ3) is 2.78. The molecule has 0 aromatic heterocycles. The fraction of sp³-hybridized carbons (Fsp3) is 0.467. The molecule has 19 heavy (non-hydrogen) atoms. The first-order chi connectivity index (χ1) is 9.02. The van der Waals surface area contributed by atoms with Gasteiger partial charge in [-0.15, -0.1) is 0 Å². The van der Waals surface area contributed by atoms with E-state index in [0.717, 1.165) is 16.8 Å². The predicted molar refractivity (Wildman–Crippen MR) is 73.0 cm³/mol. The van der Waals surface area contributed by atoms with Crippen LogP contribution in [0.3, 0.4) is 0 Å². The lowest BCUT2D eigenvalue weighted by atomic mass is 10.1. The molecule has 1 aromatic rings. The number of hydrogen-bond donors (Lipinski definition) is 0. The Morgan fingerprint density at radius 3 is 2.84 bits per heavy atom. The molecule has 0 bridgehead atoms. The molecule has 0 aliphatic carbocycles.